The lowest BCUT2D eigenvalue weighted by atomic mass is 10.0. The standard InChI is InChI=1S/C21H23NO/c1-3-15-22(19-11-13-20(23-2)14-12-19)16-18-9-6-8-17-7-4-5-10-21(17)18/h4-14H,3,15-16H2,1-2H3. The van der Waals surface area contributed by atoms with E-state index in [1.165, 1.54) is 22.0 Å². The van der Waals surface area contributed by atoms with E-state index in [1.54, 1.807) is 7.11 Å². The van der Waals surface area contributed by atoms with Crippen LogP contribution in [0.3, 0.4) is 0 Å². The van der Waals surface area contributed by atoms with E-state index in [-0.39, 0.29) is 0 Å². The molecule has 0 aliphatic rings. The van der Waals surface area contributed by atoms with E-state index in [9.17, 15) is 0 Å². The first-order chi connectivity index (χ1) is 11.3. The molecule has 0 unspecified atom stereocenters. The van der Waals surface area contributed by atoms with Gasteiger partial charge >= 0.3 is 0 Å². The number of benzene rings is 3. The summed E-state index contributed by atoms with van der Waals surface area (Å²) in [5, 5.41) is 2.64. The average Bonchev–Trinajstić information content (AvgIpc) is 2.62. The van der Waals surface area contributed by atoms with Crippen molar-refractivity contribution in [3.8, 4) is 5.75 Å². The van der Waals surface area contributed by atoms with Gasteiger partial charge in [0, 0.05) is 18.8 Å². The van der Waals surface area contributed by atoms with E-state index in [4.69, 9.17) is 4.74 Å². The van der Waals surface area contributed by atoms with Gasteiger partial charge in [0.25, 0.3) is 0 Å². The van der Waals surface area contributed by atoms with Gasteiger partial charge in [0.15, 0.2) is 0 Å². The Morgan fingerprint density at radius 2 is 1.61 bits per heavy atom. The predicted molar refractivity (Wildman–Crippen MR) is 98.3 cm³/mol. The van der Waals surface area contributed by atoms with Gasteiger partial charge in [-0.3, -0.25) is 0 Å². The lowest BCUT2D eigenvalue weighted by Gasteiger charge is -2.25. The van der Waals surface area contributed by atoms with Crippen LogP contribution in [0.4, 0.5) is 5.69 Å². The van der Waals surface area contributed by atoms with Gasteiger partial charge in [0.05, 0.1) is 7.11 Å². The molecule has 3 aromatic carbocycles. The van der Waals surface area contributed by atoms with Crippen LogP contribution in [0.1, 0.15) is 18.9 Å². The summed E-state index contributed by atoms with van der Waals surface area (Å²) in [5.41, 5.74) is 2.60. The van der Waals surface area contributed by atoms with Crippen molar-refractivity contribution in [3.05, 3.63) is 72.3 Å². The topological polar surface area (TPSA) is 12.5 Å². The van der Waals surface area contributed by atoms with Crippen LogP contribution in [0.25, 0.3) is 10.8 Å². The van der Waals surface area contributed by atoms with Crippen molar-refractivity contribution >= 4 is 16.5 Å². The lowest BCUT2D eigenvalue weighted by Crippen LogP contribution is -2.23. The molecular weight excluding hydrogens is 282 g/mol. The van der Waals surface area contributed by atoms with Crippen LogP contribution in [0.2, 0.25) is 0 Å². The Labute approximate surface area is 138 Å². The van der Waals surface area contributed by atoms with Crippen molar-refractivity contribution < 1.29 is 4.74 Å². The minimum Gasteiger partial charge on any atom is -0.497 e. The normalized spacial score (nSPS) is 10.7. The zero-order valence-corrected chi connectivity index (χ0v) is 13.8. The molecule has 0 aliphatic carbocycles. The highest BCUT2D eigenvalue weighted by atomic mass is 16.5. The molecule has 0 atom stereocenters. The fourth-order valence-corrected chi connectivity index (χ4v) is 3.00. The zero-order valence-electron chi connectivity index (χ0n) is 13.8. The minimum absolute atomic E-state index is 0.898. The SMILES string of the molecule is CCCN(Cc1cccc2ccccc12)c1ccc(OC)cc1. The van der Waals surface area contributed by atoms with E-state index in [1.807, 2.05) is 12.1 Å². The molecule has 0 fully saturated rings. The molecule has 0 spiro atoms. The number of anilines is 1. The van der Waals surface area contributed by atoms with Crippen LogP contribution in [-0.4, -0.2) is 13.7 Å². The predicted octanol–water partition coefficient (Wildman–Crippen LogP) is 5.27. The number of hydrogen-bond acceptors (Lipinski definition) is 2. The number of hydrogen-bond donors (Lipinski definition) is 0. The third-order valence-corrected chi connectivity index (χ3v) is 4.17. The van der Waals surface area contributed by atoms with E-state index in [2.05, 4.69) is 66.4 Å². The molecule has 0 aliphatic heterocycles. The van der Waals surface area contributed by atoms with Gasteiger partial charge in [-0.2, -0.15) is 0 Å². The molecule has 2 heteroatoms. The summed E-state index contributed by atoms with van der Waals surface area (Å²) in [6.07, 6.45) is 1.12. The van der Waals surface area contributed by atoms with Crippen LogP contribution in [-0.2, 0) is 6.54 Å². The molecule has 0 bridgehead atoms. The van der Waals surface area contributed by atoms with Gasteiger partial charge in [-0.1, -0.05) is 49.4 Å². The molecule has 0 saturated heterocycles. The summed E-state index contributed by atoms with van der Waals surface area (Å²) in [6.45, 7) is 4.18. The quantitative estimate of drug-likeness (QED) is 0.615. The molecule has 0 heterocycles. The second-order valence-corrected chi connectivity index (χ2v) is 5.76. The van der Waals surface area contributed by atoms with E-state index >= 15 is 0 Å². The van der Waals surface area contributed by atoms with Crippen LogP contribution in [0.15, 0.2) is 66.7 Å². The molecule has 118 valence electrons. The second-order valence-electron chi connectivity index (χ2n) is 5.76. The molecular formula is C21H23NO. The maximum atomic E-state index is 5.27. The maximum absolute atomic E-state index is 5.27. The van der Waals surface area contributed by atoms with Crippen LogP contribution < -0.4 is 9.64 Å². The van der Waals surface area contributed by atoms with Crippen LogP contribution in [0.5, 0.6) is 5.75 Å². The fourth-order valence-electron chi connectivity index (χ4n) is 3.00. The van der Waals surface area contributed by atoms with Crippen molar-refractivity contribution in [2.24, 2.45) is 0 Å². The largest absolute Gasteiger partial charge is 0.497 e. The first-order valence-corrected chi connectivity index (χ1v) is 8.17. The Bertz CT molecular complexity index is 759. The Hall–Kier alpha value is -2.48. The first kappa shape index (κ1) is 15.4. The van der Waals surface area contributed by atoms with E-state index in [0.717, 1.165) is 25.3 Å². The van der Waals surface area contributed by atoms with Gasteiger partial charge in [-0.25, -0.2) is 0 Å². The van der Waals surface area contributed by atoms with Crippen LogP contribution in [0, 0.1) is 0 Å². The highest BCUT2D eigenvalue weighted by Crippen LogP contribution is 2.25. The van der Waals surface area contributed by atoms with Crippen molar-refractivity contribution in [2.45, 2.75) is 19.9 Å². The number of rotatable bonds is 6. The number of nitrogens with zero attached hydrogens (tertiary/aromatic N) is 1. The van der Waals surface area contributed by atoms with Gasteiger partial charge in [0.2, 0.25) is 0 Å². The summed E-state index contributed by atoms with van der Waals surface area (Å²) in [4.78, 5) is 2.43. The number of methoxy groups -OCH3 is 1. The Morgan fingerprint density at radius 3 is 2.35 bits per heavy atom. The highest BCUT2D eigenvalue weighted by molar-refractivity contribution is 5.85. The first-order valence-electron chi connectivity index (χ1n) is 8.17. The van der Waals surface area contributed by atoms with Gasteiger partial charge < -0.3 is 9.64 Å². The third kappa shape index (κ3) is 3.48. The van der Waals surface area contributed by atoms with Crippen LogP contribution >= 0.6 is 0 Å². The summed E-state index contributed by atoms with van der Waals surface area (Å²) in [7, 11) is 1.70. The van der Waals surface area contributed by atoms with Crippen molar-refractivity contribution in [2.75, 3.05) is 18.6 Å². The minimum atomic E-state index is 0.898. The maximum Gasteiger partial charge on any atom is 0.119 e. The lowest BCUT2D eigenvalue weighted by molar-refractivity contribution is 0.415. The molecule has 0 N–H and O–H groups in total. The molecule has 23 heavy (non-hydrogen) atoms. The highest BCUT2D eigenvalue weighted by Gasteiger charge is 2.09. The second kappa shape index (κ2) is 7.19. The smallest absolute Gasteiger partial charge is 0.119 e. The molecule has 0 amide bonds. The summed E-state index contributed by atoms with van der Waals surface area (Å²) in [5.74, 6) is 0.898. The van der Waals surface area contributed by atoms with Gasteiger partial charge in [0.1, 0.15) is 5.75 Å². The summed E-state index contributed by atoms with van der Waals surface area (Å²) >= 11 is 0. The van der Waals surface area contributed by atoms with Crippen molar-refractivity contribution in [1.82, 2.24) is 0 Å². The zero-order chi connectivity index (χ0) is 16.1. The fraction of sp³-hybridized carbons (Fsp3) is 0.238. The molecule has 0 radical (unpaired) electrons. The monoisotopic (exact) mass is 305 g/mol. The van der Waals surface area contributed by atoms with E-state index in [0.29, 0.717) is 0 Å². The number of fused-ring (bicyclic) bond motifs is 1. The molecule has 0 saturated carbocycles. The third-order valence-electron chi connectivity index (χ3n) is 4.17. The molecule has 3 aromatic rings. The van der Waals surface area contributed by atoms with Gasteiger partial charge in [-0.05, 0) is 47.0 Å². The van der Waals surface area contributed by atoms with Crippen molar-refractivity contribution in [1.29, 1.82) is 0 Å². The Morgan fingerprint density at radius 1 is 0.870 bits per heavy atom. The Kier molecular flexibility index (Phi) is 4.82. The molecule has 0 aromatic heterocycles. The number of ether oxygens (including phenoxy) is 1. The van der Waals surface area contributed by atoms with Crippen molar-refractivity contribution in [3.63, 3.8) is 0 Å². The average molecular weight is 305 g/mol. The summed E-state index contributed by atoms with van der Waals surface area (Å²) in [6, 6.07) is 23.5. The van der Waals surface area contributed by atoms with Gasteiger partial charge in [-0.15, -0.1) is 0 Å². The Balaban J connectivity index is 1.91. The van der Waals surface area contributed by atoms with E-state index < -0.39 is 0 Å². The molecule has 3 rings (SSSR count). The summed E-state index contributed by atoms with van der Waals surface area (Å²) < 4.78 is 5.27. The molecule has 2 nitrogen and oxygen atoms in total.